The fraction of sp³-hybridized carbons (Fsp3) is 0.250. The normalized spacial score (nSPS) is 20.7. The predicted octanol–water partition coefficient (Wildman–Crippen LogP) is 4.52. The number of sulfonamides is 1. The van der Waals surface area contributed by atoms with Crippen molar-refractivity contribution in [3.8, 4) is 11.1 Å². The van der Waals surface area contributed by atoms with Gasteiger partial charge in [-0.2, -0.15) is 4.31 Å². The van der Waals surface area contributed by atoms with E-state index in [2.05, 4.69) is 15.0 Å². The number of fused-ring (bicyclic) bond motifs is 1. The van der Waals surface area contributed by atoms with Gasteiger partial charge < -0.3 is 5.11 Å². The third-order valence-electron chi connectivity index (χ3n) is 7.63. The Labute approximate surface area is 251 Å². The number of imidazole rings is 1. The molecule has 2 aromatic carbocycles. The monoisotopic (exact) mass is 626 g/mol. The van der Waals surface area contributed by atoms with Crippen LogP contribution in [-0.2, 0) is 31.6 Å². The molecule has 2 aromatic heterocycles. The van der Waals surface area contributed by atoms with Gasteiger partial charge in [0.25, 0.3) is 15.9 Å². The summed E-state index contributed by atoms with van der Waals surface area (Å²) in [6.45, 7) is 1.69. The van der Waals surface area contributed by atoms with Crippen LogP contribution in [0.3, 0.4) is 0 Å². The maximum atomic E-state index is 14.3. The molecular formula is C28H24Cl2N6O5S. The summed E-state index contributed by atoms with van der Waals surface area (Å²) in [5, 5.41) is 10.0. The summed E-state index contributed by atoms with van der Waals surface area (Å²) in [7, 11) is -4.36. The number of carboxylic acids is 1. The van der Waals surface area contributed by atoms with Crippen LogP contribution >= 0.6 is 23.2 Å². The van der Waals surface area contributed by atoms with E-state index in [1.165, 1.54) is 28.1 Å². The number of hydrogen-bond donors (Lipinski definition) is 1. The van der Waals surface area contributed by atoms with Crippen LogP contribution in [-0.4, -0.2) is 61.8 Å². The van der Waals surface area contributed by atoms with E-state index in [1.807, 2.05) is 24.3 Å². The van der Waals surface area contributed by atoms with Gasteiger partial charge >= 0.3 is 5.97 Å². The lowest BCUT2D eigenvalue weighted by molar-refractivity contribution is -0.140. The molecule has 2 atom stereocenters. The van der Waals surface area contributed by atoms with Gasteiger partial charge in [0.2, 0.25) is 5.95 Å². The molecule has 0 aliphatic carbocycles. The van der Waals surface area contributed by atoms with Gasteiger partial charge in [-0.25, -0.2) is 28.3 Å². The predicted molar refractivity (Wildman–Crippen MR) is 155 cm³/mol. The molecular weight excluding hydrogens is 603 g/mol. The molecule has 11 nitrogen and oxygen atoms in total. The molecule has 2 aliphatic rings. The molecule has 6 rings (SSSR count). The van der Waals surface area contributed by atoms with Gasteiger partial charge in [-0.15, -0.1) is 0 Å². The number of carboxylic acid groups (broad SMARTS) is 1. The number of aliphatic carboxylic acids is 1. The summed E-state index contributed by atoms with van der Waals surface area (Å²) in [4.78, 5) is 40.0. The highest BCUT2D eigenvalue weighted by Crippen LogP contribution is 2.45. The first kappa shape index (κ1) is 28.3. The van der Waals surface area contributed by atoms with Gasteiger partial charge in [-0.05, 0) is 49.1 Å². The molecule has 1 fully saturated rings. The van der Waals surface area contributed by atoms with Crippen molar-refractivity contribution in [2.45, 2.75) is 42.8 Å². The summed E-state index contributed by atoms with van der Waals surface area (Å²) in [5.74, 6) is -1.61. The largest absolute Gasteiger partial charge is 0.480 e. The first-order valence-corrected chi connectivity index (χ1v) is 15.2. The van der Waals surface area contributed by atoms with E-state index in [-0.39, 0.29) is 40.4 Å². The first-order valence-electron chi connectivity index (χ1n) is 13.0. The average Bonchev–Trinajstić information content (AvgIpc) is 3.67. The number of halogens is 2. The minimum Gasteiger partial charge on any atom is -0.480 e. The molecule has 0 bridgehead atoms. The fourth-order valence-corrected chi connectivity index (χ4v) is 8.02. The Hall–Kier alpha value is -3.84. The van der Waals surface area contributed by atoms with Crippen LogP contribution in [0.4, 0.5) is 11.6 Å². The van der Waals surface area contributed by atoms with E-state index >= 15 is 0 Å². The molecule has 216 valence electrons. The van der Waals surface area contributed by atoms with E-state index in [0.29, 0.717) is 12.1 Å². The lowest BCUT2D eigenvalue weighted by Crippen LogP contribution is -2.45. The van der Waals surface area contributed by atoms with Gasteiger partial charge in [0, 0.05) is 41.0 Å². The van der Waals surface area contributed by atoms with Crippen molar-refractivity contribution in [3.05, 3.63) is 83.0 Å². The number of benzene rings is 2. The maximum absolute atomic E-state index is 14.3. The molecule has 0 saturated carbocycles. The van der Waals surface area contributed by atoms with E-state index < -0.39 is 33.5 Å². The van der Waals surface area contributed by atoms with Gasteiger partial charge in [-0.3, -0.25) is 14.2 Å². The number of nitrogens with zero attached hydrogens (tertiary/aromatic N) is 6. The van der Waals surface area contributed by atoms with Crippen molar-refractivity contribution in [2.75, 3.05) is 11.4 Å². The zero-order chi connectivity index (χ0) is 29.8. The van der Waals surface area contributed by atoms with E-state index in [0.717, 1.165) is 21.0 Å². The van der Waals surface area contributed by atoms with Crippen LogP contribution in [0.2, 0.25) is 10.0 Å². The smallest absolute Gasteiger partial charge is 0.322 e. The van der Waals surface area contributed by atoms with Crippen LogP contribution in [0.15, 0.2) is 72.4 Å². The molecule has 1 saturated heterocycles. The van der Waals surface area contributed by atoms with Gasteiger partial charge in [0.05, 0.1) is 11.9 Å². The Balaban J connectivity index is 1.47. The summed E-state index contributed by atoms with van der Waals surface area (Å²) in [6, 6.07) is 10.9. The van der Waals surface area contributed by atoms with Crippen molar-refractivity contribution >= 4 is 56.7 Å². The Morgan fingerprint density at radius 2 is 1.71 bits per heavy atom. The molecule has 42 heavy (non-hydrogen) atoms. The van der Waals surface area contributed by atoms with Gasteiger partial charge in [0.1, 0.15) is 17.9 Å². The maximum Gasteiger partial charge on any atom is 0.322 e. The van der Waals surface area contributed by atoms with Crippen molar-refractivity contribution in [3.63, 3.8) is 0 Å². The SMILES string of the molecule is C[C@@]1(Cc2ccc(-c3cncnc3)cc2)C(=O)N(c2cc(Cl)cc(Cl)c2)c2ncc(S(=O)(=O)N3CCCC3C(=O)O)n21. The van der Waals surface area contributed by atoms with Crippen molar-refractivity contribution < 1.29 is 23.1 Å². The second-order valence-corrected chi connectivity index (χ2v) is 13.1. The summed E-state index contributed by atoms with van der Waals surface area (Å²) in [6.07, 6.45) is 6.70. The summed E-state index contributed by atoms with van der Waals surface area (Å²) in [5.41, 5.74) is 1.31. The lowest BCUT2D eigenvalue weighted by atomic mass is 9.91. The number of rotatable bonds is 7. The zero-order valence-electron chi connectivity index (χ0n) is 22.2. The number of hydrogen-bond acceptors (Lipinski definition) is 7. The van der Waals surface area contributed by atoms with Gasteiger partial charge in [0.15, 0.2) is 5.03 Å². The Bertz CT molecular complexity index is 1800. The minimum atomic E-state index is -4.36. The zero-order valence-corrected chi connectivity index (χ0v) is 24.5. The molecule has 4 heterocycles. The number of aromatic nitrogens is 4. The number of amides is 1. The Morgan fingerprint density at radius 3 is 2.36 bits per heavy atom. The second-order valence-electron chi connectivity index (χ2n) is 10.4. The van der Waals surface area contributed by atoms with Crippen LogP contribution in [0.1, 0.15) is 25.3 Å². The Morgan fingerprint density at radius 1 is 1.05 bits per heavy atom. The highest BCUT2D eigenvalue weighted by molar-refractivity contribution is 7.89. The topological polar surface area (TPSA) is 139 Å². The van der Waals surface area contributed by atoms with Crippen LogP contribution in [0.5, 0.6) is 0 Å². The molecule has 1 amide bonds. The van der Waals surface area contributed by atoms with Crippen molar-refractivity contribution in [2.24, 2.45) is 0 Å². The number of carbonyl (C=O) groups is 2. The highest BCUT2D eigenvalue weighted by Gasteiger charge is 2.53. The van der Waals surface area contributed by atoms with Crippen LogP contribution < -0.4 is 4.90 Å². The number of carbonyl (C=O) groups excluding carboxylic acids is 1. The Kier molecular flexibility index (Phi) is 7.04. The van der Waals surface area contributed by atoms with E-state index in [1.54, 1.807) is 31.5 Å². The number of anilines is 2. The molecule has 2 aliphatic heterocycles. The second kappa shape index (κ2) is 10.5. The molecule has 0 radical (unpaired) electrons. The van der Waals surface area contributed by atoms with Gasteiger partial charge in [-0.1, -0.05) is 47.5 Å². The van der Waals surface area contributed by atoms with Crippen LogP contribution in [0.25, 0.3) is 11.1 Å². The highest BCUT2D eigenvalue weighted by atomic mass is 35.5. The molecule has 0 spiro atoms. The molecule has 4 aromatic rings. The summed E-state index contributed by atoms with van der Waals surface area (Å²) < 4.78 is 30.3. The van der Waals surface area contributed by atoms with E-state index in [9.17, 15) is 23.1 Å². The average molecular weight is 628 g/mol. The quantitative estimate of drug-likeness (QED) is 0.316. The molecule has 1 N–H and O–H groups in total. The standard InChI is InChI=1S/C28H24Cl2N6O5S/c1-28(12-17-4-6-18(7-5-17)19-13-31-16-32-14-19)26(39)35(22-10-20(29)9-21(30)11-22)27-33-15-24(36(27)28)42(40,41)34-8-2-3-23(34)25(37)38/h4-7,9-11,13-16,23H,2-3,8,12H2,1H3,(H,37,38)/t23?,28-/m1/s1. The molecule has 1 unspecified atom stereocenters. The third-order valence-corrected chi connectivity index (χ3v) is 9.94. The van der Waals surface area contributed by atoms with Crippen LogP contribution in [0, 0.1) is 0 Å². The third kappa shape index (κ3) is 4.64. The minimum absolute atomic E-state index is 0.0444. The first-order chi connectivity index (χ1) is 20.0. The van der Waals surface area contributed by atoms with E-state index in [4.69, 9.17) is 23.2 Å². The lowest BCUT2D eigenvalue weighted by Gasteiger charge is -2.28. The molecule has 14 heteroatoms. The summed E-state index contributed by atoms with van der Waals surface area (Å²) >= 11 is 12.5. The fourth-order valence-electron chi connectivity index (χ4n) is 5.67. The van der Waals surface area contributed by atoms with Crippen molar-refractivity contribution in [1.82, 2.24) is 23.8 Å². The van der Waals surface area contributed by atoms with Crippen molar-refractivity contribution in [1.29, 1.82) is 0 Å².